The number of carbonyl (C=O) groups is 2. The van der Waals surface area contributed by atoms with E-state index >= 15 is 0 Å². The summed E-state index contributed by atoms with van der Waals surface area (Å²) in [5.41, 5.74) is 2.65. The number of amides is 2. The molecule has 8 heteroatoms. The summed E-state index contributed by atoms with van der Waals surface area (Å²) in [4.78, 5) is 27.3. The minimum absolute atomic E-state index is 0.0783. The molecule has 1 aliphatic rings. The van der Waals surface area contributed by atoms with Crippen LogP contribution in [0.1, 0.15) is 11.1 Å². The van der Waals surface area contributed by atoms with E-state index in [0.717, 1.165) is 12.0 Å². The van der Waals surface area contributed by atoms with Gasteiger partial charge in [-0.25, -0.2) is 0 Å². The molecule has 6 nitrogen and oxygen atoms in total. The van der Waals surface area contributed by atoms with E-state index in [9.17, 15) is 9.59 Å². The van der Waals surface area contributed by atoms with E-state index in [-0.39, 0.29) is 18.4 Å². The van der Waals surface area contributed by atoms with Gasteiger partial charge in [0.05, 0.1) is 12.0 Å². The molecule has 4 rings (SSSR count). The van der Waals surface area contributed by atoms with Gasteiger partial charge in [-0.2, -0.15) is 0 Å². The highest BCUT2D eigenvalue weighted by Crippen LogP contribution is 2.33. The lowest BCUT2D eigenvalue weighted by molar-refractivity contribution is -0.122. The Kier molecular flexibility index (Phi) is 8.18. The molecular formula is C27H24N2O4S2. The fourth-order valence-corrected chi connectivity index (χ4v) is 4.75. The zero-order chi connectivity index (χ0) is 24.6. The zero-order valence-electron chi connectivity index (χ0n) is 19.1. The van der Waals surface area contributed by atoms with Gasteiger partial charge < -0.3 is 14.8 Å². The van der Waals surface area contributed by atoms with Crippen molar-refractivity contribution in [2.45, 2.75) is 6.42 Å². The van der Waals surface area contributed by atoms with Crippen molar-refractivity contribution < 1.29 is 19.1 Å². The molecule has 0 radical (unpaired) electrons. The zero-order valence-corrected chi connectivity index (χ0v) is 20.7. The number of ether oxygens (including phenoxy) is 2. The van der Waals surface area contributed by atoms with Crippen molar-refractivity contribution in [3.05, 3.63) is 94.9 Å². The first-order chi connectivity index (χ1) is 17.0. The number of rotatable bonds is 9. The number of hydrogen-bond acceptors (Lipinski definition) is 6. The van der Waals surface area contributed by atoms with Crippen LogP contribution >= 0.6 is 24.0 Å². The van der Waals surface area contributed by atoms with Gasteiger partial charge in [-0.15, -0.1) is 0 Å². The molecule has 1 heterocycles. The molecule has 0 saturated carbocycles. The summed E-state index contributed by atoms with van der Waals surface area (Å²) in [5.74, 6) is 0.859. The number of hydrogen-bond donors (Lipinski definition) is 1. The van der Waals surface area contributed by atoms with Gasteiger partial charge in [0.15, 0.2) is 6.61 Å². The smallest absolute Gasteiger partial charge is 0.266 e. The molecular weight excluding hydrogens is 480 g/mol. The summed E-state index contributed by atoms with van der Waals surface area (Å²) in [7, 11) is 1.57. The lowest BCUT2D eigenvalue weighted by Gasteiger charge is -2.14. The van der Waals surface area contributed by atoms with E-state index in [4.69, 9.17) is 21.7 Å². The van der Waals surface area contributed by atoms with Crippen LogP contribution in [0, 0.1) is 0 Å². The number of nitrogens with zero attached hydrogens (tertiary/aromatic N) is 1. The summed E-state index contributed by atoms with van der Waals surface area (Å²) >= 11 is 6.74. The van der Waals surface area contributed by atoms with Crippen LogP contribution in [0.5, 0.6) is 11.5 Å². The Morgan fingerprint density at radius 2 is 1.80 bits per heavy atom. The largest absolute Gasteiger partial charge is 0.497 e. The molecule has 0 aliphatic carbocycles. The minimum atomic E-state index is -0.276. The predicted molar refractivity (Wildman–Crippen MR) is 144 cm³/mol. The second-order valence-electron chi connectivity index (χ2n) is 7.71. The Labute approximate surface area is 213 Å². The summed E-state index contributed by atoms with van der Waals surface area (Å²) < 4.78 is 11.3. The lowest BCUT2D eigenvalue weighted by atomic mass is 10.1. The maximum absolute atomic E-state index is 12.8. The molecule has 178 valence electrons. The van der Waals surface area contributed by atoms with Gasteiger partial charge in [0, 0.05) is 18.3 Å². The SMILES string of the molecule is COc1cccc(NC(=O)COc2ccc(/C=C3\SC(=S)N(CCc4ccccc4)C3=O)cc2)c1. The Hall–Kier alpha value is -3.62. The van der Waals surface area contributed by atoms with Gasteiger partial charge in [0.1, 0.15) is 15.8 Å². The first kappa shape index (κ1) is 24.5. The van der Waals surface area contributed by atoms with E-state index in [2.05, 4.69) is 5.32 Å². The number of benzene rings is 3. The number of thiocarbonyl (C=S) groups is 1. The van der Waals surface area contributed by atoms with Crippen molar-refractivity contribution in [1.29, 1.82) is 0 Å². The standard InChI is InChI=1S/C27H24N2O4S2/c1-32-23-9-5-8-21(17-23)28-25(30)18-33-22-12-10-20(11-13-22)16-24-26(31)29(27(34)35-24)15-14-19-6-3-2-4-7-19/h2-13,16-17H,14-15,18H2,1H3,(H,28,30)/b24-16-. The summed E-state index contributed by atoms with van der Waals surface area (Å²) in [6.45, 7) is 0.424. The number of nitrogens with one attached hydrogen (secondary N) is 1. The van der Waals surface area contributed by atoms with Gasteiger partial charge >= 0.3 is 0 Å². The van der Waals surface area contributed by atoms with Crippen molar-refractivity contribution in [3.8, 4) is 11.5 Å². The van der Waals surface area contributed by atoms with Crippen molar-refractivity contribution in [2.24, 2.45) is 0 Å². The van der Waals surface area contributed by atoms with E-state index in [1.54, 1.807) is 48.4 Å². The van der Waals surface area contributed by atoms with Crippen molar-refractivity contribution in [2.75, 3.05) is 25.6 Å². The van der Waals surface area contributed by atoms with Crippen molar-refractivity contribution in [3.63, 3.8) is 0 Å². The van der Waals surface area contributed by atoms with Crippen molar-refractivity contribution >= 4 is 51.9 Å². The molecule has 3 aromatic rings. The van der Waals surface area contributed by atoms with Crippen LogP contribution in [-0.2, 0) is 16.0 Å². The van der Waals surface area contributed by atoms with Crippen LogP contribution in [0.2, 0.25) is 0 Å². The van der Waals surface area contributed by atoms with Gasteiger partial charge in [-0.05, 0) is 47.9 Å². The minimum Gasteiger partial charge on any atom is -0.497 e. The number of carbonyl (C=O) groups excluding carboxylic acids is 2. The first-order valence-corrected chi connectivity index (χ1v) is 12.2. The van der Waals surface area contributed by atoms with Crippen LogP contribution in [-0.4, -0.2) is 41.3 Å². The Balaban J connectivity index is 1.30. The summed E-state index contributed by atoms with van der Waals surface area (Å²) in [6.07, 6.45) is 2.57. The van der Waals surface area contributed by atoms with E-state index in [0.29, 0.717) is 33.0 Å². The monoisotopic (exact) mass is 504 g/mol. The third-order valence-corrected chi connectivity index (χ3v) is 6.62. The molecule has 1 fully saturated rings. The van der Waals surface area contributed by atoms with Gasteiger partial charge in [0.2, 0.25) is 0 Å². The topological polar surface area (TPSA) is 67.9 Å². The fraction of sp³-hybridized carbons (Fsp3) is 0.148. The Morgan fingerprint density at radius 1 is 1.03 bits per heavy atom. The van der Waals surface area contributed by atoms with Crippen LogP contribution in [0.25, 0.3) is 6.08 Å². The maximum atomic E-state index is 12.8. The molecule has 1 saturated heterocycles. The first-order valence-electron chi connectivity index (χ1n) is 11.0. The molecule has 0 spiro atoms. The van der Waals surface area contributed by atoms with Gasteiger partial charge in [0.25, 0.3) is 11.8 Å². The molecule has 0 atom stereocenters. The quantitative estimate of drug-likeness (QED) is 0.321. The Bertz CT molecular complexity index is 1240. The van der Waals surface area contributed by atoms with Crippen LogP contribution in [0.15, 0.2) is 83.8 Å². The Morgan fingerprint density at radius 3 is 2.54 bits per heavy atom. The molecule has 1 N–H and O–H groups in total. The second-order valence-corrected chi connectivity index (χ2v) is 9.38. The highest BCUT2D eigenvalue weighted by Gasteiger charge is 2.31. The summed E-state index contributed by atoms with van der Waals surface area (Å²) in [6, 6.07) is 24.3. The number of thioether (sulfide) groups is 1. The molecule has 2 amide bonds. The highest BCUT2D eigenvalue weighted by atomic mass is 32.2. The van der Waals surface area contributed by atoms with Crippen molar-refractivity contribution in [1.82, 2.24) is 4.90 Å². The average Bonchev–Trinajstić information content (AvgIpc) is 3.14. The molecule has 0 bridgehead atoms. The van der Waals surface area contributed by atoms with Gasteiger partial charge in [-0.1, -0.05) is 72.5 Å². The molecule has 35 heavy (non-hydrogen) atoms. The number of methoxy groups -OCH3 is 1. The third-order valence-electron chi connectivity index (χ3n) is 5.24. The predicted octanol–water partition coefficient (Wildman–Crippen LogP) is 5.16. The molecule has 0 unspecified atom stereocenters. The normalized spacial score (nSPS) is 14.3. The maximum Gasteiger partial charge on any atom is 0.266 e. The van der Waals surface area contributed by atoms with Gasteiger partial charge in [-0.3, -0.25) is 14.5 Å². The van der Waals surface area contributed by atoms with E-state index in [1.165, 1.54) is 17.3 Å². The highest BCUT2D eigenvalue weighted by molar-refractivity contribution is 8.26. The average molecular weight is 505 g/mol. The molecule has 1 aliphatic heterocycles. The lowest BCUT2D eigenvalue weighted by Crippen LogP contribution is -2.30. The summed E-state index contributed by atoms with van der Waals surface area (Å²) in [5, 5.41) is 2.77. The molecule has 0 aromatic heterocycles. The van der Waals surface area contributed by atoms with E-state index in [1.807, 2.05) is 48.5 Å². The number of anilines is 1. The van der Waals surface area contributed by atoms with Crippen LogP contribution in [0.3, 0.4) is 0 Å². The van der Waals surface area contributed by atoms with Crippen LogP contribution < -0.4 is 14.8 Å². The second kappa shape index (κ2) is 11.7. The van der Waals surface area contributed by atoms with E-state index < -0.39 is 0 Å². The molecule has 3 aromatic carbocycles. The van der Waals surface area contributed by atoms with Crippen LogP contribution in [0.4, 0.5) is 5.69 Å². The third kappa shape index (κ3) is 6.71. The fourth-order valence-electron chi connectivity index (χ4n) is 3.44.